The predicted octanol–water partition coefficient (Wildman–Crippen LogP) is 3.70. The van der Waals surface area contributed by atoms with E-state index < -0.39 is 0 Å². The minimum Gasteiger partial charge on any atom is -0.336 e. The molecule has 1 aromatic carbocycles. The highest BCUT2D eigenvalue weighted by atomic mass is 16.2. The van der Waals surface area contributed by atoms with Crippen LogP contribution in [-0.2, 0) is 10.2 Å². The summed E-state index contributed by atoms with van der Waals surface area (Å²) in [5.41, 5.74) is 4.46. The number of piperazine rings is 1. The molecule has 2 aromatic heterocycles. The van der Waals surface area contributed by atoms with Crippen LogP contribution in [0.3, 0.4) is 0 Å². The third kappa shape index (κ3) is 4.45. The lowest BCUT2D eigenvalue weighted by Crippen LogP contribution is -2.48. The summed E-state index contributed by atoms with van der Waals surface area (Å²) in [5.74, 6) is 1.31. The number of hydrogen-bond donors (Lipinski definition) is 0. The van der Waals surface area contributed by atoms with Crippen LogP contribution in [0, 0.1) is 0 Å². The van der Waals surface area contributed by atoms with E-state index in [1.54, 1.807) is 12.3 Å². The van der Waals surface area contributed by atoms with Crippen LogP contribution in [0.4, 0.5) is 5.95 Å². The number of fused-ring (bicyclic) bond motifs is 1. The molecule has 0 aliphatic carbocycles. The minimum atomic E-state index is 0.0743. The predicted molar refractivity (Wildman–Crippen MR) is 123 cm³/mol. The van der Waals surface area contributed by atoms with Crippen LogP contribution in [0.25, 0.3) is 17.0 Å². The molecular formula is C24H30N6O. The van der Waals surface area contributed by atoms with E-state index >= 15 is 0 Å². The van der Waals surface area contributed by atoms with Crippen molar-refractivity contribution in [3.63, 3.8) is 0 Å². The maximum Gasteiger partial charge on any atom is 0.254 e. The highest BCUT2D eigenvalue weighted by Gasteiger charge is 2.23. The summed E-state index contributed by atoms with van der Waals surface area (Å²) in [6.07, 6.45) is 3.47. The number of rotatable bonds is 3. The average molecular weight is 419 g/mol. The molecule has 1 aliphatic rings. The summed E-state index contributed by atoms with van der Waals surface area (Å²) in [6.45, 7) is 13.2. The minimum absolute atomic E-state index is 0.0743. The van der Waals surface area contributed by atoms with Crippen LogP contribution in [0.1, 0.15) is 40.2 Å². The van der Waals surface area contributed by atoms with E-state index in [2.05, 4.69) is 59.9 Å². The van der Waals surface area contributed by atoms with E-state index in [1.165, 1.54) is 5.56 Å². The maximum absolute atomic E-state index is 12.3. The second-order valence-corrected chi connectivity index (χ2v) is 9.32. The van der Waals surface area contributed by atoms with Gasteiger partial charge in [0.25, 0.3) is 5.78 Å². The number of carbonyl (C=O) groups is 1. The van der Waals surface area contributed by atoms with Crippen molar-refractivity contribution in [2.24, 2.45) is 0 Å². The zero-order valence-electron chi connectivity index (χ0n) is 19.0. The summed E-state index contributed by atoms with van der Waals surface area (Å²) in [4.78, 5) is 25.3. The zero-order chi connectivity index (χ0) is 22.2. The van der Waals surface area contributed by atoms with E-state index in [0.29, 0.717) is 37.9 Å². The highest BCUT2D eigenvalue weighted by Crippen LogP contribution is 2.26. The number of amides is 1. The molecule has 1 aliphatic heterocycles. The Bertz CT molecular complexity index is 1110. The molecule has 3 heterocycles. The molecule has 31 heavy (non-hydrogen) atoms. The fraction of sp³-hybridized carbons (Fsp3) is 0.417. The van der Waals surface area contributed by atoms with Crippen molar-refractivity contribution in [3.05, 3.63) is 53.7 Å². The highest BCUT2D eigenvalue weighted by molar-refractivity contribution is 5.88. The van der Waals surface area contributed by atoms with Gasteiger partial charge in [-0.05, 0) is 30.9 Å². The Labute approximate surface area is 183 Å². The van der Waals surface area contributed by atoms with Gasteiger partial charge < -0.3 is 9.80 Å². The van der Waals surface area contributed by atoms with E-state index in [4.69, 9.17) is 5.10 Å². The second kappa shape index (κ2) is 8.13. The summed E-state index contributed by atoms with van der Waals surface area (Å²) < 4.78 is 1.81. The molecule has 1 amide bonds. The molecule has 0 saturated carbocycles. The zero-order valence-corrected chi connectivity index (χ0v) is 19.0. The molecule has 0 N–H and O–H groups in total. The lowest BCUT2D eigenvalue weighted by molar-refractivity contribution is -0.126. The van der Waals surface area contributed by atoms with Crippen LogP contribution in [-0.4, -0.2) is 56.6 Å². The fourth-order valence-electron chi connectivity index (χ4n) is 3.74. The van der Waals surface area contributed by atoms with Gasteiger partial charge in [0.2, 0.25) is 11.9 Å². The van der Waals surface area contributed by atoms with E-state index in [0.717, 1.165) is 16.8 Å². The van der Waals surface area contributed by atoms with Crippen LogP contribution in [0.15, 0.2) is 48.2 Å². The molecule has 0 bridgehead atoms. The van der Waals surface area contributed by atoms with Gasteiger partial charge in [0.15, 0.2) is 0 Å². The first kappa shape index (κ1) is 21.0. The lowest BCUT2D eigenvalue weighted by Gasteiger charge is -2.33. The first-order valence-corrected chi connectivity index (χ1v) is 10.7. The first-order valence-electron chi connectivity index (χ1n) is 10.7. The SMILES string of the molecule is CC(C)=CC(=O)N1CCN(c2nc3nccc(-c4ccc(C(C)(C)C)cc4)n3n2)CC1. The van der Waals surface area contributed by atoms with Crippen molar-refractivity contribution in [2.45, 2.75) is 40.0 Å². The molecule has 0 radical (unpaired) electrons. The molecule has 3 aromatic rings. The smallest absolute Gasteiger partial charge is 0.254 e. The number of nitrogens with zero attached hydrogens (tertiary/aromatic N) is 6. The Hall–Kier alpha value is -3.22. The first-order chi connectivity index (χ1) is 14.7. The van der Waals surface area contributed by atoms with Gasteiger partial charge in [-0.25, -0.2) is 4.98 Å². The molecule has 4 rings (SSSR count). The number of hydrogen-bond acceptors (Lipinski definition) is 5. The quantitative estimate of drug-likeness (QED) is 0.607. The van der Waals surface area contributed by atoms with Crippen LogP contribution >= 0.6 is 0 Å². The van der Waals surface area contributed by atoms with Crippen LogP contribution < -0.4 is 4.90 Å². The van der Waals surface area contributed by atoms with E-state index in [1.807, 2.05) is 29.3 Å². The Balaban J connectivity index is 1.56. The van der Waals surface area contributed by atoms with Gasteiger partial charge in [0, 0.05) is 44.0 Å². The topological polar surface area (TPSA) is 66.6 Å². The normalized spacial score (nSPS) is 14.7. The summed E-state index contributed by atoms with van der Waals surface area (Å²) >= 11 is 0. The molecule has 0 spiro atoms. The molecule has 7 heteroatoms. The van der Waals surface area contributed by atoms with Crippen molar-refractivity contribution in [1.29, 1.82) is 0 Å². The molecule has 162 valence electrons. The van der Waals surface area contributed by atoms with Crippen LogP contribution in [0.5, 0.6) is 0 Å². The van der Waals surface area contributed by atoms with Gasteiger partial charge in [0.05, 0.1) is 5.69 Å². The van der Waals surface area contributed by atoms with Gasteiger partial charge in [0.1, 0.15) is 0 Å². The van der Waals surface area contributed by atoms with Gasteiger partial charge in [-0.3, -0.25) is 4.79 Å². The van der Waals surface area contributed by atoms with Crippen molar-refractivity contribution in [2.75, 3.05) is 31.1 Å². The molecule has 0 unspecified atom stereocenters. The molecule has 7 nitrogen and oxygen atoms in total. The maximum atomic E-state index is 12.3. The van der Waals surface area contributed by atoms with Gasteiger partial charge >= 0.3 is 0 Å². The largest absolute Gasteiger partial charge is 0.336 e. The van der Waals surface area contributed by atoms with Crippen molar-refractivity contribution in [3.8, 4) is 11.3 Å². The summed E-state index contributed by atoms with van der Waals surface area (Å²) in [5, 5.41) is 4.76. The van der Waals surface area contributed by atoms with E-state index in [-0.39, 0.29) is 11.3 Å². The number of aromatic nitrogens is 4. The third-order valence-electron chi connectivity index (χ3n) is 5.56. The number of carbonyl (C=O) groups excluding carboxylic acids is 1. The van der Waals surface area contributed by atoms with Crippen molar-refractivity contribution < 1.29 is 4.79 Å². The van der Waals surface area contributed by atoms with Gasteiger partial charge in [-0.2, -0.15) is 9.50 Å². The average Bonchev–Trinajstić information content (AvgIpc) is 3.17. The molecule has 1 fully saturated rings. The van der Waals surface area contributed by atoms with E-state index in [9.17, 15) is 4.79 Å². The van der Waals surface area contributed by atoms with Crippen molar-refractivity contribution in [1.82, 2.24) is 24.5 Å². The Morgan fingerprint density at radius 2 is 1.68 bits per heavy atom. The lowest BCUT2D eigenvalue weighted by atomic mass is 9.86. The third-order valence-corrected chi connectivity index (χ3v) is 5.56. The Morgan fingerprint density at radius 3 is 2.29 bits per heavy atom. The molecule has 0 atom stereocenters. The standard InChI is InChI=1S/C24H30N6O/c1-17(2)16-21(31)28-12-14-29(15-13-28)23-26-22-25-11-10-20(30(22)27-23)18-6-8-19(9-7-18)24(3,4)5/h6-11,16H,12-15H2,1-5H3. The van der Waals surface area contributed by atoms with Gasteiger partial charge in [-0.15, -0.1) is 5.10 Å². The monoisotopic (exact) mass is 418 g/mol. The fourth-order valence-corrected chi connectivity index (χ4v) is 3.74. The van der Waals surface area contributed by atoms with Crippen LogP contribution in [0.2, 0.25) is 0 Å². The van der Waals surface area contributed by atoms with Crippen molar-refractivity contribution >= 4 is 17.6 Å². The van der Waals surface area contributed by atoms with Gasteiger partial charge in [-0.1, -0.05) is 50.6 Å². The number of anilines is 1. The molecule has 1 saturated heterocycles. The number of allylic oxidation sites excluding steroid dienone is 1. The summed E-state index contributed by atoms with van der Waals surface area (Å²) in [6, 6.07) is 10.6. The Morgan fingerprint density at radius 1 is 1.00 bits per heavy atom. The second-order valence-electron chi connectivity index (χ2n) is 9.32. The Kier molecular flexibility index (Phi) is 5.52. The summed E-state index contributed by atoms with van der Waals surface area (Å²) in [7, 11) is 0. The molecular weight excluding hydrogens is 388 g/mol. The number of benzene rings is 1.